The van der Waals surface area contributed by atoms with E-state index < -0.39 is 0 Å². The number of nitrogens with zero attached hydrogens (tertiary/aromatic N) is 5. The standard InChI is InChI=1S/C18H23N5O/c1-21-13-19-20-18(21)15-6-4-9-23(11-15)17(24)12-22-10-8-14-5-2-3-7-16(14)22/h2-3,5,7,13,15H,4,6,8-12H2,1H3. The minimum Gasteiger partial charge on any atom is -0.362 e. The lowest BCUT2D eigenvalue weighted by Gasteiger charge is -2.33. The average molecular weight is 325 g/mol. The number of aryl methyl sites for hydroxylation is 1. The largest absolute Gasteiger partial charge is 0.362 e. The molecule has 1 amide bonds. The number of carbonyl (C=O) groups excluding carboxylic acids is 1. The fourth-order valence-electron chi connectivity index (χ4n) is 3.91. The van der Waals surface area contributed by atoms with Gasteiger partial charge in [-0.1, -0.05) is 18.2 Å². The van der Waals surface area contributed by atoms with E-state index >= 15 is 0 Å². The SMILES string of the molecule is Cn1cnnc1C1CCCN(C(=O)CN2CCc3ccccc32)C1. The first-order valence-electron chi connectivity index (χ1n) is 8.67. The summed E-state index contributed by atoms with van der Waals surface area (Å²) in [5, 5.41) is 8.21. The van der Waals surface area contributed by atoms with Crippen molar-refractivity contribution in [3.05, 3.63) is 42.0 Å². The van der Waals surface area contributed by atoms with Crippen LogP contribution in [0.2, 0.25) is 0 Å². The maximum atomic E-state index is 12.8. The van der Waals surface area contributed by atoms with Gasteiger partial charge in [0, 0.05) is 38.3 Å². The molecular weight excluding hydrogens is 302 g/mol. The summed E-state index contributed by atoms with van der Waals surface area (Å²) in [5.41, 5.74) is 2.56. The molecule has 1 atom stereocenters. The Morgan fingerprint density at radius 1 is 1.29 bits per heavy atom. The van der Waals surface area contributed by atoms with E-state index in [1.165, 1.54) is 11.3 Å². The van der Waals surface area contributed by atoms with Gasteiger partial charge in [0.1, 0.15) is 12.2 Å². The number of carbonyl (C=O) groups is 1. The number of benzene rings is 1. The van der Waals surface area contributed by atoms with Crippen LogP contribution in [0.15, 0.2) is 30.6 Å². The predicted octanol–water partition coefficient (Wildman–Crippen LogP) is 1.58. The number of para-hydroxylation sites is 1. The first-order valence-corrected chi connectivity index (χ1v) is 8.67. The molecule has 2 aliphatic heterocycles. The number of anilines is 1. The van der Waals surface area contributed by atoms with Crippen molar-refractivity contribution in [1.82, 2.24) is 19.7 Å². The normalized spacial score (nSPS) is 20.3. The van der Waals surface area contributed by atoms with E-state index in [1.54, 1.807) is 6.33 Å². The van der Waals surface area contributed by atoms with Crippen molar-refractivity contribution in [3.63, 3.8) is 0 Å². The Balaban J connectivity index is 1.43. The lowest BCUT2D eigenvalue weighted by atomic mass is 9.97. The highest BCUT2D eigenvalue weighted by atomic mass is 16.2. The Morgan fingerprint density at radius 2 is 2.17 bits per heavy atom. The summed E-state index contributed by atoms with van der Waals surface area (Å²) in [6.45, 7) is 3.01. The second-order valence-corrected chi connectivity index (χ2v) is 6.78. The average Bonchev–Trinajstić information content (AvgIpc) is 3.22. The van der Waals surface area contributed by atoms with Crippen molar-refractivity contribution in [3.8, 4) is 0 Å². The summed E-state index contributed by atoms with van der Waals surface area (Å²) in [6.07, 6.45) is 4.87. The van der Waals surface area contributed by atoms with Gasteiger partial charge in [-0.15, -0.1) is 10.2 Å². The van der Waals surface area contributed by atoms with Gasteiger partial charge in [-0.3, -0.25) is 4.79 Å². The smallest absolute Gasteiger partial charge is 0.242 e. The second kappa shape index (κ2) is 6.26. The zero-order valence-corrected chi connectivity index (χ0v) is 14.1. The number of hydrogen-bond donors (Lipinski definition) is 0. The predicted molar refractivity (Wildman–Crippen MR) is 91.9 cm³/mol. The molecular formula is C18H23N5O. The van der Waals surface area contributed by atoms with Crippen molar-refractivity contribution in [2.75, 3.05) is 31.1 Å². The number of amides is 1. The molecule has 1 fully saturated rings. The molecule has 6 heteroatoms. The Bertz CT molecular complexity index is 741. The van der Waals surface area contributed by atoms with Crippen molar-refractivity contribution in [1.29, 1.82) is 0 Å². The molecule has 1 saturated heterocycles. The molecule has 126 valence electrons. The van der Waals surface area contributed by atoms with E-state index in [1.807, 2.05) is 22.6 Å². The van der Waals surface area contributed by atoms with E-state index in [2.05, 4.69) is 33.3 Å². The molecule has 2 aromatic rings. The van der Waals surface area contributed by atoms with Gasteiger partial charge >= 0.3 is 0 Å². The fraction of sp³-hybridized carbons (Fsp3) is 0.500. The zero-order valence-electron chi connectivity index (χ0n) is 14.1. The first kappa shape index (κ1) is 15.2. The third kappa shape index (κ3) is 2.77. The van der Waals surface area contributed by atoms with E-state index in [-0.39, 0.29) is 5.91 Å². The minimum atomic E-state index is 0.221. The fourth-order valence-corrected chi connectivity index (χ4v) is 3.91. The number of hydrogen-bond acceptors (Lipinski definition) is 4. The van der Waals surface area contributed by atoms with Gasteiger partial charge in [-0.2, -0.15) is 0 Å². The number of aromatic nitrogens is 3. The van der Waals surface area contributed by atoms with Crippen LogP contribution in [0, 0.1) is 0 Å². The van der Waals surface area contributed by atoms with Crippen LogP contribution in [0.3, 0.4) is 0 Å². The maximum absolute atomic E-state index is 12.8. The lowest BCUT2D eigenvalue weighted by molar-refractivity contribution is -0.130. The van der Waals surface area contributed by atoms with Crippen molar-refractivity contribution in [2.45, 2.75) is 25.2 Å². The minimum absolute atomic E-state index is 0.221. The Labute approximate surface area is 142 Å². The quantitative estimate of drug-likeness (QED) is 0.860. The van der Waals surface area contributed by atoms with Crippen LogP contribution in [0.25, 0.3) is 0 Å². The second-order valence-electron chi connectivity index (χ2n) is 6.78. The maximum Gasteiger partial charge on any atom is 0.242 e. The molecule has 24 heavy (non-hydrogen) atoms. The summed E-state index contributed by atoms with van der Waals surface area (Å²) in [6, 6.07) is 8.39. The van der Waals surface area contributed by atoms with Crippen molar-refractivity contribution < 1.29 is 4.79 Å². The highest BCUT2D eigenvalue weighted by Crippen LogP contribution is 2.28. The van der Waals surface area contributed by atoms with Crippen LogP contribution < -0.4 is 4.90 Å². The molecule has 1 unspecified atom stereocenters. The summed E-state index contributed by atoms with van der Waals surface area (Å²) in [4.78, 5) is 17.0. The van der Waals surface area contributed by atoms with Gasteiger partial charge in [-0.05, 0) is 30.9 Å². The summed E-state index contributed by atoms with van der Waals surface area (Å²) < 4.78 is 1.97. The van der Waals surface area contributed by atoms with Crippen LogP contribution in [0.5, 0.6) is 0 Å². The molecule has 6 nitrogen and oxygen atoms in total. The number of fused-ring (bicyclic) bond motifs is 1. The van der Waals surface area contributed by atoms with Crippen LogP contribution in [-0.4, -0.2) is 51.8 Å². The van der Waals surface area contributed by atoms with Gasteiger partial charge in [0.2, 0.25) is 5.91 Å². The van der Waals surface area contributed by atoms with E-state index in [0.29, 0.717) is 12.5 Å². The highest BCUT2D eigenvalue weighted by Gasteiger charge is 2.29. The van der Waals surface area contributed by atoms with Gasteiger partial charge in [0.05, 0.1) is 6.54 Å². The molecule has 0 saturated carbocycles. The molecule has 0 aliphatic carbocycles. The molecule has 0 bridgehead atoms. The monoisotopic (exact) mass is 325 g/mol. The Hall–Kier alpha value is -2.37. The summed E-state index contributed by atoms with van der Waals surface area (Å²) in [7, 11) is 1.97. The van der Waals surface area contributed by atoms with Crippen molar-refractivity contribution in [2.24, 2.45) is 7.05 Å². The van der Waals surface area contributed by atoms with Crippen LogP contribution >= 0.6 is 0 Å². The van der Waals surface area contributed by atoms with Gasteiger partial charge < -0.3 is 14.4 Å². The summed E-state index contributed by atoms with van der Waals surface area (Å²) in [5.74, 6) is 1.50. The third-order valence-corrected chi connectivity index (χ3v) is 5.20. The molecule has 4 rings (SSSR count). The van der Waals surface area contributed by atoms with Crippen LogP contribution in [0.4, 0.5) is 5.69 Å². The first-order chi connectivity index (χ1) is 11.7. The Morgan fingerprint density at radius 3 is 3.00 bits per heavy atom. The van der Waals surface area contributed by atoms with Crippen LogP contribution in [0.1, 0.15) is 30.1 Å². The number of piperidine rings is 1. The highest BCUT2D eigenvalue weighted by molar-refractivity contribution is 5.82. The molecule has 1 aromatic carbocycles. The van der Waals surface area contributed by atoms with Crippen molar-refractivity contribution >= 4 is 11.6 Å². The molecule has 0 radical (unpaired) electrons. The molecule has 1 aromatic heterocycles. The molecule has 3 heterocycles. The Kier molecular flexibility index (Phi) is 3.96. The molecule has 0 spiro atoms. The van der Waals surface area contributed by atoms with Gasteiger partial charge in [0.25, 0.3) is 0 Å². The third-order valence-electron chi connectivity index (χ3n) is 5.20. The van der Waals surface area contributed by atoms with E-state index in [9.17, 15) is 4.79 Å². The zero-order chi connectivity index (χ0) is 16.5. The van der Waals surface area contributed by atoms with Gasteiger partial charge in [0.15, 0.2) is 0 Å². The molecule has 0 N–H and O–H groups in total. The topological polar surface area (TPSA) is 54.3 Å². The molecule has 2 aliphatic rings. The van der Waals surface area contributed by atoms with E-state index in [0.717, 1.165) is 44.7 Å². The number of rotatable bonds is 3. The van der Waals surface area contributed by atoms with E-state index in [4.69, 9.17) is 0 Å². The lowest BCUT2D eigenvalue weighted by Crippen LogP contribution is -2.44. The number of likely N-dealkylation sites (tertiary alicyclic amines) is 1. The summed E-state index contributed by atoms with van der Waals surface area (Å²) >= 11 is 0. The van der Waals surface area contributed by atoms with Crippen LogP contribution in [-0.2, 0) is 18.3 Å². The van der Waals surface area contributed by atoms with Gasteiger partial charge in [-0.25, -0.2) is 0 Å².